The van der Waals surface area contributed by atoms with Gasteiger partial charge in [-0.25, -0.2) is 14.4 Å². The molecule has 0 saturated carbocycles. The Morgan fingerprint density at radius 3 is 0.905 bits per heavy atom. The van der Waals surface area contributed by atoms with E-state index in [0.29, 0.717) is 0 Å². The average molecular weight is 306 g/mol. The first-order valence-corrected chi connectivity index (χ1v) is 5.13. The molecule has 0 unspecified atom stereocenters. The first kappa shape index (κ1) is 23.6. The van der Waals surface area contributed by atoms with Crippen LogP contribution in [0.3, 0.4) is 0 Å². The normalized spacial score (nSPS) is 7.57. The Balaban J connectivity index is -0.000000231. The molecule has 3 N–H and O–H groups in total. The molecule has 0 bridgehead atoms. The molecule has 0 spiro atoms. The highest BCUT2D eigenvalue weighted by molar-refractivity contribution is 5.81. The summed E-state index contributed by atoms with van der Waals surface area (Å²) in [6, 6.07) is 0. The highest BCUT2D eigenvalue weighted by Crippen LogP contribution is 1.73. The van der Waals surface area contributed by atoms with Crippen molar-refractivity contribution in [3.63, 3.8) is 0 Å². The zero-order valence-corrected chi connectivity index (χ0v) is 11.3. The largest absolute Gasteiger partial charge is 0.436 e. The lowest BCUT2D eigenvalue weighted by atomic mass is 10.7. The number of ether oxygens (including phenoxy) is 3. The number of carbonyl (C=O) groups is 3. The van der Waals surface area contributed by atoms with Crippen molar-refractivity contribution < 1.29 is 43.9 Å². The van der Waals surface area contributed by atoms with Crippen LogP contribution in [-0.2, 0) is 28.6 Å². The summed E-state index contributed by atoms with van der Waals surface area (Å²) >= 11 is 0. The summed E-state index contributed by atoms with van der Waals surface area (Å²) in [4.78, 5) is 29.7. The number of hydrogen-bond acceptors (Lipinski definition) is 9. The van der Waals surface area contributed by atoms with Crippen molar-refractivity contribution in [1.29, 1.82) is 0 Å². The van der Waals surface area contributed by atoms with Crippen LogP contribution in [0.25, 0.3) is 0 Å². The molecule has 120 valence electrons. The van der Waals surface area contributed by atoms with Crippen LogP contribution in [0.1, 0.15) is 0 Å². The maximum atomic E-state index is 9.91. The van der Waals surface area contributed by atoms with Gasteiger partial charge in [-0.1, -0.05) is 19.7 Å². The van der Waals surface area contributed by atoms with Gasteiger partial charge in [0.1, 0.15) is 0 Å². The second-order valence-electron chi connectivity index (χ2n) is 2.39. The molecule has 0 aliphatic rings. The maximum Gasteiger partial charge on any atom is 0.332 e. The van der Waals surface area contributed by atoms with Gasteiger partial charge < -0.3 is 29.5 Å². The van der Waals surface area contributed by atoms with Gasteiger partial charge >= 0.3 is 17.9 Å². The van der Waals surface area contributed by atoms with Crippen molar-refractivity contribution in [3.8, 4) is 0 Å². The zero-order valence-electron chi connectivity index (χ0n) is 11.3. The van der Waals surface area contributed by atoms with Gasteiger partial charge in [0.15, 0.2) is 20.4 Å². The molecule has 0 aromatic carbocycles. The molecule has 0 fully saturated rings. The smallest absolute Gasteiger partial charge is 0.332 e. The van der Waals surface area contributed by atoms with Crippen LogP contribution in [0.4, 0.5) is 0 Å². The molecule has 0 heterocycles. The topological polar surface area (TPSA) is 140 Å². The summed E-state index contributed by atoms with van der Waals surface area (Å²) in [6.45, 7) is 7.55. The van der Waals surface area contributed by atoms with Crippen molar-refractivity contribution in [2.45, 2.75) is 0 Å². The molecule has 0 amide bonds. The number of esters is 3. The summed E-state index contributed by atoms with van der Waals surface area (Å²) in [5.41, 5.74) is 0. The van der Waals surface area contributed by atoms with E-state index in [1.807, 2.05) is 0 Å². The summed E-state index contributed by atoms with van der Waals surface area (Å²) in [5, 5.41) is 23.6. The van der Waals surface area contributed by atoms with Crippen LogP contribution in [0, 0.1) is 0 Å². The Labute approximate surface area is 121 Å². The summed E-state index contributed by atoms with van der Waals surface area (Å²) in [6.07, 6.45) is 2.95. The molecular weight excluding hydrogens is 288 g/mol. The van der Waals surface area contributed by atoms with E-state index >= 15 is 0 Å². The monoisotopic (exact) mass is 306 g/mol. The van der Waals surface area contributed by atoms with Crippen LogP contribution in [-0.4, -0.2) is 53.6 Å². The molecule has 9 nitrogen and oxygen atoms in total. The van der Waals surface area contributed by atoms with Gasteiger partial charge in [-0.2, -0.15) is 0 Å². The summed E-state index contributed by atoms with van der Waals surface area (Å²) in [7, 11) is 0. The Morgan fingerprint density at radius 2 is 0.857 bits per heavy atom. The predicted molar refractivity (Wildman–Crippen MR) is 70.1 cm³/mol. The van der Waals surface area contributed by atoms with Gasteiger partial charge in [0, 0.05) is 18.2 Å². The average Bonchev–Trinajstić information content (AvgIpc) is 2.49. The minimum Gasteiger partial charge on any atom is -0.436 e. The van der Waals surface area contributed by atoms with E-state index in [4.69, 9.17) is 15.3 Å². The SMILES string of the molecule is C=CC(=O)OCO.C=CC(=O)OCO.C=CC(=O)OCO. The number of carbonyl (C=O) groups excluding carboxylic acids is 3. The van der Waals surface area contributed by atoms with Crippen LogP contribution in [0.5, 0.6) is 0 Å². The van der Waals surface area contributed by atoms with E-state index in [0.717, 1.165) is 18.2 Å². The summed E-state index contributed by atoms with van der Waals surface area (Å²) < 4.78 is 12.0. The third kappa shape index (κ3) is 26.9. The lowest BCUT2D eigenvalue weighted by Gasteiger charge is -1.89. The molecule has 21 heavy (non-hydrogen) atoms. The van der Waals surface area contributed by atoms with E-state index in [1.165, 1.54) is 0 Å². The number of hydrogen-bond donors (Lipinski definition) is 3. The lowest BCUT2D eigenvalue weighted by Crippen LogP contribution is -1.99. The molecule has 9 heteroatoms. The first-order chi connectivity index (χ1) is 9.92. The van der Waals surface area contributed by atoms with Gasteiger partial charge in [-0.05, 0) is 0 Å². The Kier molecular flexibility index (Phi) is 22.3. The fourth-order valence-electron chi connectivity index (χ4n) is 0.368. The van der Waals surface area contributed by atoms with Crippen molar-refractivity contribution in [3.05, 3.63) is 38.0 Å². The quantitative estimate of drug-likeness (QED) is 0.244. The summed E-state index contributed by atoms with van der Waals surface area (Å²) in [5.74, 6) is -1.83. The first-order valence-electron chi connectivity index (χ1n) is 5.13. The van der Waals surface area contributed by atoms with Gasteiger partial charge in [0.05, 0.1) is 0 Å². The molecule has 0 saturated heterocycles. The fourth-order valence-corrected chi connectivity index (χ4v) is 0.368. The highest BCUT2D eigenvalue weighted by atomic mass is 16.6. The Bertz CT molecular complexity index is 283. The van der Waals surface area contributed by atoms with Crippen molar-refractivity contribution in [1.82, 2.24) is 0 Å². The molecule has 0 radical (unpaired) electrons. The second kappa shape index (κ2) is 19.8. The maximum absolute atomic E-state index is 9.91. The number of aliphatic hydroxyl groups excluding tert-OH is 3. The van der Waals surface area contributed by atoms with E-state index in [-0.39, 0.29) is 0 Å². The van der Waals surface area contributed by atoms with E-state index in [9.17, 15) is 14.4 Å². The van der Waals surface area contributed by atoms with Crippen molar-refractivity contribution in [2.75, 3.05) is 20.4 Å². The predicted octanol–water partition coefficient (Wildman–Crippen LogP) is -1.00. The molecule has 0 aromatic heterocycles. The minimum atomic E-state index is -0.609. The van der Waals surface area contributed by atoms with E-state index < -0.39 is 38.3 Å². The Morgan fingerprint density at radius 1 is 0.667 bits per heavy atom. The van der Waals surface area contributed by atoms with Crippen molar-refractivity contribution in [2.24, 2.45) is 0 Å². The molecule has 0 aromatic rings. The number of rotatable bonds is 6. The molecule has 0 atom stereocenters. The molecule has 0 aliphatic heterocycles. The van der Waals surface area contributed by atoms with E-state index in [2.05, 4.69) is 33.9 Å². The minimum absolute atomic E-state index is 0.579. The van der Waals surface area contributed by atoms with Crippen LogP contribution >= 0.6 is 0 Å². The standard InChI is InChI=1S/3C4H6O3/c3*1-2-4(6)7-3-5/h3*2,5H,1,3H2. The fraction of sp³-hybridized carbons (Fsp3) is 0.250. The molecule has 0 rings (SSSR count). The third-order valence-electron chi connectivity index (χ3n) is 1.12. The molecular formula is C12H18O9. The van der Waals surface area contributed by atoms with Crippen LogP contribution in [0.15, 0.2) is 38.0 Å². The van der Waals surface area contributed by atoms with Gasteiger partial charge in [0.2, 0.25) is 0 Å². The number of aliphatic hydroxyl groups is 3. The Hall–Kier alpha value is -2.49. The van der Waals surface area contributed by atoms with E-state index in [1.54, 1.807) is 0 Å². The van der Waals surface area contributed by atoms with Crippen LogP contribution < -0.4 is 0 Å². The van der Waals surface area contributed by atoms with Gasteiger partial charge in [0.25, 0.3) is 0 Å². The zero-order chi connectivity index (χ0) is 17.1. The third-order valence-corrected chi connectivity index (χ3v) is 1.12. The lowest BCUT2D eigenvalue weighted by molar-refractivity contribution is -0.146. The molecule has 0 aliphatic carbocycles. The second-order valence-corrected chi connectivity index (χ2v) is 2.39. The van der Waals surface area contributed by atoms with Gasteiger partial charge in [-0.3, -0.25) is 0 Å². The highest BCUT2D eigenvalue weighted by Gasteiger charge is 1.88. The van der Waals surface area contributed by atoms with Crippen molar-refractivity contribution >= 4 is 17.9 Å². The van der Waals surface area contributed by atoms with Crippen LogP contribution in [0.2, 0.25) is 0 Å². The van der Waals surface area contributed by atoms with Gasteiger partial charge in [-0.15, -0.1) is 0 Å².